The highest BCUT2D eigenvalue weighted by atomic mass is 16.5. The second-order valence-electron chi connectivity index (χ2n) is 7.66. The standard InChI is InChI=1S/C27H20O2/c1-2-20-17-29-24-14-12-19-8-4-6-10-22(19)26(24)27(20)15-16-28-23-13-11-18-7-3-5-9-21(18)25(23)27/h3-17H,2H2,1H3. The van der Waals surface area contributed by atoms with E-state index >= 15 is 0 Å². The Hall–Kier alpha value is -3.52. The number of allylic oxidation sites excluding steroid dienone is 2. The predicted octanol–water partition coefficient (Wildman–Crippen LogP) is 6.87. The third-order valence-electron chi connectivity index (χ3n) is 6.30. The minimum Gasteiger partial charge on any atom is -0.465 e. The van der Waals surface area contributed by atoms with Crippen LogP contribution in [0.2, 0.25) is 0 Å². The number of hydrogen-bond donors (Lipinski definition) is 0. The van der Waals surface area contributed by atoms with Gasteiger partial charge in [0, 0.05) is 11.1 Å². The van der Waals surface area contributed by atoms with E-state index in [2.05, 4.69) is 85.8 Å². The van der Waals surface area contributed by atoms with Crippen molar-refractivity contribution in [2.75, 3.05) is 0 Å². The van der Waals surface area contributed by atoms with Crippen molar-refractivity contribution in [1.82, 2.24) is 0 Å². The van der Waals surface area contributed by atoms with E-state index in [1.165, 1.54) is 38.2 Å². The number of ether oxygens (including phenoxy) is 2. The van der Waals surface area contributed by atoms with Gasteiger partial charge in [-0.05, 0) is 51.7 Å². The molecule has 2 nitrogen and oxygen atoms in total. The van der Waals surface area contributed by atoms with Crippen LogP contribution < -0.4 is 9.47 Å². The lowest BCUT2D eigenvalue weighted by Crippen LogP contribution is -2.34. The van der Waals surface area contributed by atoms with Gasteiger partial charge < -0.3 is 9.47 Å². The summed E-state index contributed by atoms with van der Waals surface area (Å²) in [6.07, 6.45) is 6.89. The van der Waals surface area contributed by atoms with E-state index in [9.17, 15) is 0 Å². The molecule has 2 heteroatoms. The molecule has 4 aromatic rings. The van der Waals surface area contributed by atoms with Crippen molar-refractivity contribution >= 4 is 21.5 Å². The van der Waals surface area contributed by atoms with E-state index in [1.807, 2.05) is 12.5 Å². The molecule has 0 saturated heterocycles. The predicted molar refractivity (Wildman–Crippen MR) is 117 cm³/mol. The molecular weight excluding hydrogens is 356 g/mol. The van der Waals surface area contributed by atoms with E-state index in [0.29, 0.717) is 0 Å². The maximum Gasteiger partial charge on any atom is 0.131 e. The molecule has 0 saturated carbocycles. The third kappa shape index (κ3) is 2.11. The first-order valence-corrected chi connectivity index (χ1v) is 10.1. The van der Waals surface area contributed by atoms with Gasteiger partial charge in [-0.25, -0.2) is 0 Å². The molecule has 6 rings (SSSR count). The van der Waals surface area contributed by atoms with Crippen molar-refractivity contribution < 1.29 is 9.47 Å². The second-order valence-corrected chi connectivity index (χ2v) is 7.66. The molecule has 29 heavy (non-hydrogen) atoms. The Morgan fingerprint density at radius 1 is 0.690 bits per heavy atom. The van der Waals surface area contributed by atoms with E-state index in [0.717, 1.165) is 17.9 Å². The Labute approximate surface area is 169 Å². The number of hydrogen-bond acceptors (Lipinski definition) is 2. The minimum absolute atomic E-state index is 0.419. The number of fused-ring (bicyclic) bond motifs is 8. The molecule has 1 spiro atoms. The molecule has 4 aromatic carbocycles. The van der Waals surface area contributed by atoms with Crippen LogP contribution in [0.3, 0.4) is 0 Å². The van der Waals surface area contributed by atoms with Crippen molar-refractivity contribution in [3.8, 4) is 11.5 Å². The van der Waals surface area contributed by atoms with E-state index in [-0.39, 0.29) is 0 Å². The maximum atomic E-state index is 6.15. The van der Waals surface area contributed by atoms with Gasteiger partial charge in [0.2, 0.25) is 0 Å². The molecule has 0 radical (unpaired) electrons. The average molecular weight is 376 g/mol. The van der Waals surface area contributed by atoms with Gasteiger partial charge in [-0.3, -0.25) is 0 Å². The molecule has 0 N–H and O–H groups in total. The summed E-state index contributed by atoms with van der Waals surface area (Å²) in [6.45, 7) is 2.20. The third-order valence-corrected chi connectivity index (χ3v) is 6.30. The fourth-order valence-corrected chi connectivity index (χ4v) is 5.03. The average Bonchev–Trinajstić information content (AvgIpc) is 2.79. The summed E-state index contributed by atoms with van der Waals surface area (Å²) >= 11 is 0. The first-order valence-electron chi connectivity index (χ1n) is 10.1. The van der Waals surface area contributed by atoms with Gasteiger partial charge in [0.05, 0.1) is 17.9 Å². The van der Waals surface area contributed by atoms with Gasteiger partial charge in [0.1, 0.15) is 11.5 Å². The summed E-state index contributed by atoms with van der Waals surface area (Å²) in [7, 11) is 0. The molecular formula is C27H20O2. The number of rotatable bonds is 1. The zero-order valence-corrected chi connectivity index (χ0v) is 16.2. The number of benzene rings is 4. The molecule has 2 aliphatic heterocycles. The Bertz CT molecular complexity index is 1300. The van der Waals surface area contributed by atoms with Gasteiger partial charge in [0.25, 0.3) is 0 Å². The largest absolute Gasteiger partial charge is 0.465 e. The SMILES string of the molecule is CCC1=COc2ccc3ccccc3c2C12C=COc1ccc3ccccc3c12. The molecule has 2 heterocycles. The quantitative estimate of drug-likeness (QED) is 0.361. The Balaban J connectivity index is 1.83. The highest BCUT2D eigenvalue weighted by molar-refractivity contribution is 5.96. The monoisotopic (exact) mass is 376 g/mol. The summed E-state index contributed by atoms with van der Waals surface area (Å²) in [6, 6.07) is 25.6. The van der Waals surface area contributed by atoms with Gasteiger partial charge in [-0.2, -0.15) is 0 Å². The lowest BCUT2D eigenvalue weighted by molar-refractivity contribution is 0.405. The fraction of sp³-hybridized carbons (Fsp3) is 0.111. The van der Waals surface area contributed by atoms with Crippen molar-refractivity contribution in [2.45, 2.75) is 18.8 Å². The van der Waals surface area contributed by atoms with Gasteiger partial charge >= 0.3 is 0 Å². The molecule has 1 atom stereocenters. The van der Waals surface area contributed by atoms with E-state index in [4.69, 9.17) is 9.47 Å². The van der Waals surface area contributed by atoms with Crippen LogP contribution in [-0.4, -0.2) is 0 Å². The van der Waals surface area contributed by atoms with Crippen LogP contribution >= 0.6 is 0 Å². The zero-order chi connectivity index (χ0) is 19.4. The highest BCUT2D eigenvalue weighted by Gasteiger charge is 2.45. The van der Waals surface area contributed by atoms with Crippen LogP contribution in [-0.2, 0) is 5.41 Å². The minimum atomic E-state index is -0.419. The summed E-state index contributed by atoms with van der Waals surface area (Å²) in [5.74, 6) is 1.82. The van der Waals surface area contributed by atoms with Crippen LogP contribution in [0.5, 0.6) is 11.5 Å². The van der Waals surface area contributed by atoms with Crippen molar-refractivity contribution in [2.24, 2.45) is 0 Å². The Kier molecular flexibility index (Phi) is 3.39. The lowest BCUT2D eigenvalue weighted by atomic mass is 9.64. The van der Waals surface area contributed by atoms with Gasteiger partial charge in [-0.1, -0.05) is 67.6 Å². The summed E-state index contributed by atoms with van der Waals surface area (Å²) in [4.78, 5) is 0. The maximum absolute atomic E-state index is 6.15. The van der Waals surface area contributed by atoms with E-state index < -0.39 is 5.41 Å². The normalized spacial score (nSPS) is 19.4. The van der Waals surface area contributed by atoms with Crippen molar-refractivity contribution in [1.29, 1.82) is 0 Å². The van der Waals surface area contributed by atoms with Crippen molar-refractivity contribution in [3.63, 3.8) is 0 Å². The first kappa shape index (κ1) is 16.4. The van der Waals surface area contributed by atoms with Crippen LogP contribution in [0.1, 0.15) is 24.5 Å². The second kappa shape index (κ2) is 5.99. The fourth-order valence-electron chi connectivity index (χ4n) is 5.03. The smallest absolute Gasteiger partial charge is 0.131 e. The van der Waals surface area contributed by atoms with Crippen LogP contribution in [0.4, 0.5) is 0 Å². The van der Waals surface area contributed by atoms with Crippen molar-refractivity contribution in [3.05, 3.63) is 108 Å². The Morgan fingerprint density at radius 3 is 1.90 bits per heavy atom. The summed E-state index contributed by atoms with van der Waals surface area (Å²) < 4.78 is 12.2. The summed E-state index contributed by atoms with van der Waals surface area (Å²) in [5.41, 5.74) is 3.22. The van der Waals surface area contributed by atoms with Crippen LogP contribution in [0, 0.1) is 0 Å². The Morgan fingerprint density at radius 2 is 1.28 bits per heavy atom. The molecule has 0 fully saturated rings. The topological polar surface area (TPSA) is 18.5 Å². The highest BCUT2D eigenvalue weighted by Crippen LogP contribution is 2.56. The lowest BCUT2D eigenvalue weighted by Gasteiger charge is -2.41. The van der Waals surface area contributed by atoms with Gasteiger partial charge in [0.15, 0.2) is 0 Å². The molecule has 0 aliphatic carbocycles. The van der Waals surface area contributed by atoms with Crippen LogP contribution in [0.25, 0.3) is 21.5 Å². The summed E-state index contributed by atoms with van der Waals surface area (Å²) in [5, 5.41) is 4.87. The molecule has 1 unspecified atom stereocenters. The van der Waals surface area contributed by atoms with Gasteiger partial charge in [-0.15, -0.1) is 0 Å². The molecule has 2 aliphatic rings. The molecule has 140 valence electrons. The molecule has 0 bridgehead atoms. The molecule has 0 amide bonds. The molecule has 0 aromatic heterocycles. The van der Waals surface area contributed by atoms with E-state index in [1.54, 1.807) is 0 Å². The zero-order valence-electron chi connectivity index (χ0n) is 16.2. The first-order chi connectivity index (χ1) is 14.3. The van der Waals surface area contributed by atoms with Crippen LogP contribution in [0.15, 0.2) is 97.0 Å².